The highest BCUT2D eigenvalue weighted by Crippen LogP contribution is 2.28. The largest absolute Gasteiger partial charge is 0.240 e. The third-order valence-corrected chi connectivity index (χ3v) is 5.68. The van der Waals surface area contributed by atoms with E-state index in [-0.39, 0.29) is 6.04 Å². The van der Waals surface area contributed by atoms with E-state index in [1.165, 1.54) is 12.8 Å². The Kier molecular flexibility index (Phi) is 4.45. The average molecular weight is 332 g/mol. The number of nitrogens with one attached hydrogen (secondary N) is 1. The maximum absolute atomic E-state index is 12.2. The van der Waals surface area contributed by atoms with E-state index in [9.17, 15) is 8.42 Å². The molecule has 0 radical (unpaired) electrons. The van der Waals surface area contributed by atoms with Crippen LogP contribution in [0.25, 0.3) is 0 Å². The van der Waals surface area contributed by atoms with Crippen LogP contribution in [-0.4, -0.2) is 14.5 Å². The van der Waals surface area contributed by atoms with E-state index in [2.05, 4.69) is 20.7 Å². The fourth-order valence-corrected chi connectivity index (χ4v) is 4.06. The van der Waals surface area contributed by atoms with Gasteiger partial charge < -0.3 is 0 Å². The molecule has 1 N–H and O–H groups in total. The third-order valence-electron chi connectivity index (χ3n) is 3.57. The molecule has 1 fully saturated rings. The van der Waals surface area contributed by atoms with Crippen molar-refractivity contribution in [2.45, 2.75) is 43.5 Å². The summed E-state index contributed by atoms with van der Waals surface area (Å²) >= 11 is 3.30. The zero-order chi connectivity index (χ0) is 13.2. The highest BCUT2D eigenvalue weighted by molar-refractivity contribution is 9.10. The first-order valence-corrected chi connectivity index (χ1v) is 8.54. The smallest absolute Gasteiger partial charge is 0.208 e. The van der Waals surface area contributed by atoms with Gasteiger partial charge in [-0.05, 0) is 49.9 Å². The van der Waals surface area contributed by atoms with Gasteiger partial charge in [0, 0.05) is 10.5 Å². The maximum atomic E-state index is 12.2. The van der Waals surface area contributed by atoms with Crippen LogP contribution in [0.15, 0.2) is 33.6 Å². The van der Waals surface area contributed by atoms with Crippen molar-refractivity contribution in [1.82, 2.24) is 4.72 Å². The van der Waals surface area contributed by atoms with Crippen LogP contribution in [0.4, 0.5) is 0 Å². The minimum absolute atomic E-state index is 0.0150. The molecule has 1 unspecified atom stereocenters. The highest BCUT2D eigenvalue weighted by atomic mass is 79.9. The zero-order valence-corrected chi connectivity index (χ0v) is 12.8. The molecule has 3 nitrogen and oxygen atoms in total. The Morgan fingerprint density at radius 3 is 2.33 bits per heavy atom. The number of sulfonamides is 1. The monoisotopic (exact) mass is 331 g/mol. The number of halogens is 1. The van der Waals surface area contributed by atoms with E-state index in [4.69, 9.17) is 0 Å². The van der Waals surface area contributed by atoms with Gasteiger partial charge in [0.25, 0.3) is 0 Å². The van der Waals surface area contributed by atoms with Crippen molar-refractivity contribution in [3.8, 4) is 0 Å². The Hall–Kier alpha value is -0.390. The van der Waals surface area contributed by atoms with Gasteiger partial charge in [-0.15, -0.1) is 0 Å². The zero-order valence-electron chi connectivity index (χ0n) is 10.4. The molecule has 0 bridgehead atoms. The predicted octanol–water partition coefficient (Wildman–Crippen LogP) is 3.31. The van der Waals surface area contributed by atoms with Crippen molar-refractivity contribution in [3.63, 3.8) is 0 Å². The molecule has 0 heterocycles. The molecule has 1 saturated carbocycles. The van der Waals surface area contributed by atoms with Crippen LogP contribution in [0.5, 0.6) is 0 Å². The fourth-order valence-electron chi connectivity index (χ4n) is 2.48. The fraction of sp³-hybridized carbons (Fsp3) is 0.538. The first-order valence-electron chi connectivity index (χ1n) is 6.27. The second-order valence-corrected chi connectivity index (χ2v) is 7.54. The van der Waals surface area contributed by atoms with Crippen molar-refractivity contribution >= 4 is 26.0 Å². The summed E-state index contributed by atoms with van der Waals surface area (Å²) in [7, 11) is -3.38. The van der Waals surface area contributed by atoms with Gasteiger partial charge in [0.2, 0.25) is 10.0 Å². The number of benzene rings is 1. The van der Waals surface area contributed by atoms with E-state index >= 15 is 0 Å². The van der Waals surface area contributed by atoms with Gasteiger partial charge in [-0.25, -0.2) is 13.1 Å². The van der Waals surface area contributed by atoms with Crippen LogP contribution >= 0.6 is 15.9 Å². The summed E-state index contributed by atoms with van der Waals surface area (Å²) in [4.78, 5) is 0.329. The first kappa shape index (κ1) is 14.0. The van der Waals surface area contributed by atoms with Crippen molar-refractivity contribution in [1.29, 1.82) is 0 Å². The summed E-state index contributed by atoms with van der Waals surface area (Å²) < 4.78 is 28.0. The van der Waals surface area contributed by atoms with Crippen LogP contribution < -0.4 is 4.72 Å². The lowest BCUT2D eigenvalue weighted by atomic mass is 10.0. The molecule has 0 aromatic heterocycles. The molecule has 1 aromatic rings. The molecule has 0 spiro atoms. The van der Waals surface area contributed by atoms with Crippen LogP contribution in [0.1, 0.15) is 32.6 Å². The summed E-state index contributed by atoms with van der Waals surface area (Å²) in [6.07, 6.45) is 4.69. The minimum Gasteiger partial charge on any atom is -0.208 e. The molecule has 100 valence electrons. The van der Waals surface area contributed by atoms with Gasteiger partial charge in [0.1, 0.15) is 0 Å². The Morgan fingerprint density at radius 1 is 1.22 bits per heavy atom. The Labute approximate surface area is 117 Å². The van der Waals surface area contributed by atoms with Gasteiger partial charge in [0.05, 0.1) is 4.90 Å². The number of hydrogen-bond acceptors (Lipinski definition) is 2. The summed E-state index contributed by atoms with van der Waals surface area (Å²) in [5, 5.41) is 0. The van der Waals surface area contributed by atoms with Crippen molar-refractivity contribution in [2.24, 2.45) is 5.92 Å². The molecule has 1 aliphatic rings. The molecule has 1 atom stereocenters. The van der Waals surface area contributed by atoms with E-state index in [1.54, 1.807) is 24.3 Å². The van der Waals surface area contributed by atoms with Gasteiger partial charge in [-0.2, -0.15) is 0 Å². The second-order valence-electron chi connectivity index (χ2n) is 4.91. The molecule has 5 heteroatoms. The minimum atomic E-state index is -3.38. The topological polar surface area (TPSA) is 46.2 Å². The molecule has 18 heavy (non-hydrogen) atoms. The maximum Gasteiger partial charge on any atom is 0.240 e. The van der Waals surface area contributed by atoms with Crippen LogP contribution in [0, 0.1) is 5.92 Å². The molecule has 0 amide bonds. The number of rotatable bonds is 4. The Balaban J connectivity index is 2.09. The van der Waals surface area contributed by atoms with Crippen molar-refractivity contribution < 1.29 is 8.42 Å². The van der Waals surface area contributed by atoms with E-state index in [1.807, 2.05) is 6.92 Å². The molecular formula is C13H18BrNO2S. The summed E-state index contributed by atoms with van der Waals surface area (Å²) in [5.74, 6) is 0.482. The molecule has 2 rings (SSSR count). The lowest BCUT2D eigenvalue weighted by Gasteiger charge is -2.20. The molecule has 1 aromatic carbocycles. The van der Waals surface area contributed by atoms with Gasteiger partial charge in [0.15, 0.2) is 0 Å². The lowest BCUT2D eigenvalue weighted by Crippen LogP contribution is -2.37. The van der Waals surface area contributed by atoms with Gasteiger partial charge >= 0.3 is 0 Å². The average Bonchev–Trinajstić information content (AvgIpc) is 2.82. The standard InChI is InChI=1S/C13H18BrNO2S/c1-10(11-4-2-3-5-11)15-18(16,17)13-8-6-12(14)7-9-13/h6-11,15H,2-5H2,1H3. The van der Waals surface area contributed by atoms with Crippen LogP contribution in [0.2, 0.25) is 0 Å². The van der Waals surface area contributed by atoms with Crippen LogP contribution in [-0.2, 0) is 10.0 Å². The molecule has 1 aliphatic carbocycles. The molecule has 0 saturated heterocycles. The SMILES string of the molecule is CC(NS(=O)(=O)c1ccc(Br)cc1)C1CCCC1. The second kappa shape index (κ2) is 5.72. The third kappa shape index (κ3) is 3.33. The van der Waals surface area contributed by atoms with Gasteiger partial charge in [-0.3, -0.25) is 0 Å². The molecule has 0 aliphatic heterocycles. The van der Waals surface area contributed by atoms with Crippen molar-refractivity contribution in [2.75, 3.05) is 0 Å². The van der Waals surface area contributed by atoms with E-state index in [0.29, 0.717) is 10.8 Å². The normalized spacial score (nSPS) is 19.0. The lowest BCUT2D eigenvalue weighted by molar-refractivity contribution is 0.424. The van der Waals surface area contributed by atoms with E-state index in [0.717, 1.165) is 17.3 Å². The summed E-state index contributed by atoms with van der Waals surface area (Å²) in [5.41, 5.74) is 0. The Morgan fingerprint density at radius 2 is 1.78 bits per heavy atom. The quantitative estimate of drug-likeness (QED) is 0.919. The Bertz CT molecular complexity index is 492. The first-order chi connectivity index (χ1) is 8.49. The highest BCUT2D eigenvalue weighted by Gasteiger charge is 2.25. The molecular weight excluding hydrogens is 314 g/mol. The summed E-state index contributed by atoms with van der Waals surface area (Å²) in [6.45, 7) is 1.96. The predicted molar refractivity (Wildman–Crippen MR) is 75.9 cm³/mol. The van der Waals surface area contributed by atoms with E-state index < -0.39 is 10.0 Å². The van der Waals surface area contributed by atoms with Crippen molar-refractivity contribution in [3.05, 3.63) is 28.7 Å². The summed E-state index contributed by atoms with van der Waals surface area (Å²) in [6, 6.07) is 6.74. The van der Waals surface area contributed by atoms with Crippen LogP contribution in [0.3, 0.4) is 0 Å². The van der Waals surface area contributed by atoms with Gasteiger partial charge in [-0.1, -0.05) is 28.8 Å². The number of hydrogen-bond donors (Lipinski definition) is 1.